The summed E-state index contributed by atoms with van der Waals surface area (Å²) in [5, 5.41) is 6.03. The Labute approximate surface area is 136 Å². The SMILES string of the molecule is CS(=O)(=O)Nc1ccccc1C(=O)NCC1=CCNCC1.Cl. The number of benzene rings is 1. The second-order valence-corrected chi connectivity index (χ2v) is 6.67. The molecule has 0 aromatic heterocycles. The van der Waals surface area contributed by atoms with Crippen LogP contribution in [0.5, 0.6) is 0 Å². The maximum atomic E-state index is 12.2. The first-order chi connectivity index (χ1) is 9.96. The van der Waals surface area contributed by atoms with Crippen molar-refractivity contribution in [2.45, 2.75) is 6.42 Å². The van der Waals surface area contributed by atoms with Crippen LogP contribution in [0.15, 0.2) is 35.9 Å². The van der Waals surface area contributed by atoms with Crippen molar-refractivity contribution in [3.05, 3.63) is 41.5 Å². The molecular formula is C14H20ClN3O3S. The summed E-state index contributed by atoms with van der Waals surface area (Å²) in [5.74, 6) is -0.291. The molecule has 0 spiro atoms. The van der Waals surface area contributed by atoms with Crippen LogP contribution in [0.4, 0.5) is 5.69 Å². The van der Waals surface area contributed by atoms with Gasteiger partial charge in [0.25, 0.3) is 5.91 Å². The Morgan fingerprint density at radius 1 is 1.32 bits per heavy atom. The molecule has 22 heavy (non-hydrogen) atoms. The standard InChI is InChI=1S/C14H19N3O3S.ClH/c1-21(19,20)17-13-5-3-2-4-12(13)14(18)16-10-11-6-8-15-9-7-11;/h2-6,15,17H,7-10H2,1H3,(H,16,18);1H. The zero-order chi connectivity index (χ0) is 15.3. The van der Waals surface area contributed by atoms with Gasteiger partial charge in [0, 0.05) is 13.1 Å². The van der Waals surface area contributed by atoms with E-state index in [-0.39, 0.29) is 24.0 Å². The van der Waals surface area contributed by atoms with E-state index in [0.29, 0.717) is 12.1 Å². The molecule has 0 atom stereocenters. The fourth-order valence-corrected chi connectivity index (χ4v) is 2.67. The Morgan fingerprint density at radius 2 is 2.05 bits per heavy atom. The fraction of sp³-hybridized carbons (Fsp3) is 0.357. The number of carbonyl (C=O) groups is 1. The number of rotatable bonds is 5. The third-order valence-corrected chi connectivity index (χ3v) is 3.69. The first-order valence-corrected chi connectivity index (χ1v) is 8.58. The van der Waals surface area contributed by atoms with Crippen molar-refractivity contribution in [1.29, 1.82) is 0 Å². The van der Waals surface area contributed by atoms with Gasteiger partial charge in [-0.3, -0.25) is 9.52 Å². The van der Waals surface area contributed by atoms with Crippen molar-refractivity contribution in [2.75, 3.05) is 30.6 Å². The van der Waals surface area contributed by atoms with Crippen LogP contribution in [-0.2, 0) is 10.0 Å². The molecule has 0 unspecified atom stereocenters. The quantitative estimate of drug-likeness (QED) is 0.698. The van der Waals surface area contributed by atoms with Crippen LogP contribution in [0.2, 0.25) is 0 Å². The Hall–Kier alpha value is -1.57. The number of sulfonamides is 1. The minimum Gasteiger partial charge on any atom is -0.348 e. The number of nitrogens with one attached hydrogen (secondary N) is 3. The molecule has 0 saturated heterocycles. The summed E-state index contributed by atoms with van der Waals surface area (Å²) in [5.41, 5.74) is 1.78. The van der Waals surface area contributed by atoms with Gasteiger partial charge in [-0.25, -0.2) is 8.42 Å². The van der Waals surface area contributed by atoms with Gasteiger partial charge in [0.2, 0.25) is 10.0 Å². The highest BCUT2D eigenvalue weighted by Gasteiger charge is 2.14. The summed E-state index contributed by atoms with van der Waals surface area (Å²) in [4.78, 5) is 12.2. The van der Waals surface area contributed by atoms with Crippen molar-refractivity contribution in [3.63, 3.8) is 0 Å². The van der Waals surface area contributed by atoms with Gasteiger partial charge in [0.05, 0.1) is 17.5 Å². The van der Waals surface area contributed by atoms with Gasteiger partial charge in [-0.05, 0) is 25.1 Å². The van der Waals surface area contributed by atoms with Gasteiger partial charge >= 0.3 is 0 Å². The van der Waals surface area contributed by atoms with Crippen LogP contribution in [-0.4, -0.2) is 40.2 Å². The van der Waals surface area contributed by atoms with Crippen LogP contribution >= 0.6 is 12.4 Å². The average molecular weight is 346 g/mol. The molecule has 1 aromatic carbocycles. The zero-order valence-corrected chi connectivity index (χ0v) is 13.9. The van der Waals surface area contributed by atoms with E-state index in [1.807, 2.05) is 0 Å². The molecule has 122 valence electrons. The number of halogens is 1. The summed E-state index contributed by atoms with van der Waals surface area (Å²) in [6.45, 7) is 2.21. The molecule has 2 rings (SSSR count). The van der Waals surface area contributed by atoms with Crippen molar-refractivity contribution >= 4 is 34.0 Å². The van der Waals surface area contributed by atoms with E-state index in [2.05, 4.69) is 21.4 Å². The normalized spacial score (nSPS) is 14.5. The number of para-hydroxylation sites is 1. The third-order valence-electron chi connectivity index (χ3n) is 3.10. The van der Waals surface area contributed by atoms with Crippen LogP contribution in [0.3, 0.4) is 0 Å². The molecule has 0 aliphatic carbocycles. The molecule has 8 heteroatoms. The number of anilines is 1. The van der Waals surface area contributed by atoms with Crippen molar-refractivity contribution in [2.24, 2.45) is 0 Å². The predicted molar refractivity (Wildman–Crippen MR) is 90.1 cm³/mol. The lowest BCUT2D eigenvalue weighted by Gasteiger charge is -2.15. The van der Waals surface area contributed by atoms with Crippen molar-refractivity contribution in [1.82, 2.24) is 10.6 Å². The Kier molecular flexibility index (Phi) is 6.86. The molecule has 1 heterocycles. The minimum absolute atomic E-state index is 0. The molecule has 1 aliphatic heterocycles. The molecule has 6 nitrogen and oxygen atoms in total. The largest absolute Gasteiger partial charge is 0.348 e. The summed E-state index contributed by atoms with van der Waals surface area (Å²) in [6.07, 6.45) is 4.02. The first kappa shape index (κ1) is 18.5. The lowest BCUT2D eigenvalue weighted by molar-refractivity contribution is 0.0957. The van der Waals surface area contributed by atoms with Crippen LogP contribution in [0.1, 0.15) is 16.8 Å². The molecule has 0 bridgehead atoms. The lowest BCUT2D eigenvalue weighted by Crippen LogP contribution is -2.30. The average Bonchev–Trinajstić information content (AvgIpc) is 2.45. The monoisotopic (exact) mass is 345 g/mol. The number of amides is 1. The smallest absolute Gasteiger partial charge is 0.253 e. The molecule has 3 N–H and O–H groups in total. The molecule has 0 saturated carbocycles. The Morgan fingerprint density at radius 3 is 2.68 bits per heavy atom. The summed E-state index contributed by atoms with van der Waals surface area (Å²) in [6, 6.07) is 6.55. The van der Waals surface area contributed by atoms with Crippen molar-refractivity contribution in [3.8, 4) is 0 Å². The van der Waals surface area contributed by atoms with E-state index in [0.717, 1.165) is 25.8 Å². The van der Waals surface area contributed by atoms with E-state index >= 15 is 0 Å². The van der Waals surface area contributed by atoms with E-state index in [1.54, 1.807) is 24.3 Å². The number of hydrogen-bond donors (Lipinski definition) is 3. The fourth-order valence-electron chi connectivity index (χ4n) is 2.09. The topological polar surface area (TPSA) is 87.3 Å². The first-order valence-electron chi connectivity index (χ1n) is 6.69. The van der Waals surface area contributed by atoms with Gasteiger partial charge in [-0.1, -0.05) is 23.8 Å². The van der Waals surface area contributed by atoms with Crippen LogP contribution in [0, 0.1) is 0 Å². The number of carbonyl (C=O) groups excluding carboxylic acids is 1. The molecule has 1 aromatic rings. The van der Waals surface area contributed by atoms with Gasteiger partial charge in [-0.2, -0.15) is 0 Å². The number of hydrogen-bond acceptors (Lipinski definition) is 4. The van der Waals surface area contributed by atoms with Gasteiger partial charge in [0.1, 0.15) is 0 Å². The zero-order valence-electron chi connectivity index (χ0n) is 12.3. The highest BCUT2D eigenvalue weighted by atomic mass is 35.5. The van der Waals surface area contributed by atoms with Crippen molar-refractivity contribution < 1.29 is 13.2 Å². The highest BCUT2D eigenvalue weighted by Crippen LogP contribution is 2.16. The molecule has 1 aliphatic rings. The van der Waals surface area contributed by atoms with Gasteiger partial charge in [0.15, 0.2) is 0 Å². The Bertz CT molecular complexity index is 659. The van der Waals surface area contributed by atoms with Crippen LogP contribution < -0.4 is 15.4 Å². The second-order valence-electron chi connectivity index (χ2n) is 4.92. The summed E-state index contributed by atoms with van der Waals surface area (Å²) < 4.78 is 25.0. The minimum atomic E-state index is -3.42. The lowest BCUT2D eigenvalue weighted by atomic mass is 10.1. The molecule has 0 fully saturated rings. The highest BCUT2D eigenvalue weighted by molar-refractivity contribution is 7.92. The van der Waals surface area contributed by atoms with Gasteiger partial charge in [-0.15, -0.1) is 12.4 Å². The van der Waals surface area contributed by atoms with E-state index in [1.165, 1.54) is 5.57 Å². The molecule has 0 radical (unpaired) electrons. The third kappa shape index (κ3) is 5.67. The molecule has 1 amide bonds. The predicted octanol–water partition coefficient (Wildman–Crippen LogP) is 1.13. The van der Waals surface area contributed by atoms with Gasteiger partial charge < -0.3 is 10.6 Å². The summed E-state index contributed by atoms with van der Waals surface area (Å²) in [7, 11) is -3.42. The molecular weight excluding hydrogens is 326 g/mol. The maximum Gasteiger partial charge on any atom is 0.253 e. The van der Waals surface area contributed by atoms with E-state index < -0.39 is 10.0 Å². The van der Waals surface area contributed by atoms with E-state index in [4.69, 9.17) is 0 Å². The Balaban J connectivity index is 0.00000242. The van der Waals surface area contributed by atoms with Crippen LogP contribution in [0.25, 0.3) is 0 Å². The summed E-state index contributed by atoms with van der Waals surface area (Å²) >= 11 is 0. The maximum absolute atomic E-state index is 12.2. The second kappa shape index (κ2) is 8.17. The van der Waals surface area contributed by atoms with E-state index in [9.17, 15) is 13.2 Å².